The highest BCUT2D eigenvalue weighted by Crippen LogP contribution is 2.55. The number of aryl methyl sites for hydroxylation is 1. The van der Waals surface area contributed by atoms with Gasteiger partial charge in [-0.3, -0.25) is 0 Å². The minimum atomic E-state index is 0.334. The van der Waals surface area contributed by atoms with Crippen LogP contribution in [0.3, 0.4) is 0 Å². The molecule has 0 saturated carbocycles. The van der Waals surface area contributed by atoms with Gasteiger partial charge in [-0.25, -0.2) is 0 Å². The Morgan fingerprint density at radius 2 is 1.67 bits per heavy atom. The summed E-state index contributed by atoms with van der Waals surface area (Å²) in [6.45, 7) is 9.31. The molecule has 0 amide bonds. The smallest absolute Gasteiger partial charge is 0.0275 e. The van der Waals surface area contributed by atoms with Gasteiger partial charge in [0.2, 0.25) is 0 Å². The SMILES string of the molecule is Cn1ccc2c1C(C)(C)C2(C)C. The monoisotopic (exact) mass is 163 g/mol. The summed E-state index contributed by atoms with van der Waals surface area (Å²) < 4.78 is 2.25. The molecule has 1 aliphatic rings. The minimum absolute atomic E-state index is 0.334. The molecule has 12 heavy (non-hydrogen) atoms. The number of aromatic nitrogens is 1. The first-order valence-corrected chi connectivity index (χ1v) is 4.55. The van der Waals surface area contributed by atoms with Crippen LogP contribution in [0.4, 0.5) is 0 Å². The van der Waals surface area contributed by atoms with Gasteiger partial charge in [0, 0.05) is 29.8 Å². The highest BCUT2D eigenvalue weighted by atomic mass is 15.0. The van der Waals surface area contributed by atoms with Crippen molar-refractivity contribution in [3.8, 4) is 0 Å². The van der Waals surface area contributed by atoms with Crippen molar-refractivity contribution in [2.45, 2.75) is 38.5 Å². The molecule has 0 fully saturated rings. The van der Waals surface area contributed by atoms with Crippen LogP contribution in [0.1, 0.15) is 39.0 Å². The van der Waals surface area contributed by atoms with Gasteiger partial charge in [-0.05, 0) is 11.6 Å². The lowest BCUT2D eigenvalue weighted by Crippen LogP contribution is -2.51. The van der Waals surface area contributed by atoms with Crippen molar-refractivity contribution in [1.29, 1.82) is 0 Å². The van der Waals surface area contributed by atoms with E-state index in [0.29, 0.717) is 10.8 Å². The Kier molecular flexibility index (Phi) is 1.17. The molecule has 0 bridgehead atoms. The minimum Gasteiger partial charge on any atom is -0.354 e. The van der Waals surface area contributed by atoms with Crippen LogP contribution in [-0.4, -0.2) is 4.57 Å². The highest BCUT2D eigenvalue weighted by Gasteiger charge is 2.52. The van der Waals surface area contributed by atoms with E-state index in [1.807, 2.05) is 0 Å². The fraction of sp³-hybridized carbons (Fsp3) is 0.636. The second kappa shape index (κ2) is 1.78. The maximum absolute atomic E-state index is 2.33. The van der Waals surface area contributed by atoms with Gasteiger partial charge in [0.15, 0.2) is 0 Å². The first-order chi connectivity index (χ1) is 5.39. The summed E-state index contributed by atoms with van der Waals surface area (Å²) in [5.74, 6) is 0. The van der Waals surface area contributed by atoms with Gasteiger partial charge in [0.1, 0.15) is 0 Å². The van der Waals surface area contributed by atoms with Crippen molar-refractivity contribution in [1.82, 2.24) is 4.57 Å². The Labute approximate surface area is 74.4 Å². The zero-order chi connectivity index (χ0) is 9.15. The maximum Gasteiger partial charge on any atom is 0.0275 e. The van der Waals surface area contributed by atoms with E-state index < -0.39 is 0 Å². The Hall–Kier alpha value is -0.720. The van der Waals surface area contributed by atoms with Crippen LogP contribution in [0, 0.1) is 0 Å². The molecule has 2 rings (SSSR count). The maximum atomic E-state index is 2.33. The van der Waals surface area contributed by atoms with Gasteiger partial charge >= 0.3 is 0 Å². The summed E-state index contributed by atoms with van der Waals surface area (Å²) in [6.07, 6.45) is 2.17. The quantitative estimate of drug-likeness (QED) is 0.554. The number of hydrogen-bond acceptors (Lipinski definition) is 0. The van der Waals surface area contributed by atoms with Crippen molar-refractivity contribution in [2.75, 3.05) is 0 Å². The molecule has 1 heteroatoms. The lowest BCUT2D eigenvalue weighted by molar-refractivity contribution is 0.228. The average molecular weight is 163 g/mol. The molecule has 1 heterocycles. The third-order valence-corrected chi connectivity index (χ3v) is 3.90. The first kappa shape index (κ1) is 7.90. The predicted molar refractivity (Wildman–Crippen MR) is 51.5 cm³/mol. The fourth-order valence-electron chi connectivity index (χ4n) is 2.38. The first-order valence-electron chi connectivity index (χ1n) is 4.55. The van der Waals surface area contributed by atoms with Crippen LogP contribution in [0.2, 0.25) is 0 Å². The second-order valence-electron chi connectivity index (χ2n) is 4.94. The Balaban J connectivity index is 2.67. The van der Waals surface area contributed by atoms with E-state index in [4.69, 9.17) is 0 Å². The normalized spacial score (nSPS) is 23.1. The Morgan fingerprint density at radius 3 is 2.17 bits per heavy atom. The second-order valence-corrected chi connectivity index (χ2v) is 4.94. The molecule has 1 aliphatic carbocycles. The zero-order valence-electron chi connectivity index (χ0n) is 8.60. The summed E-state index contributed by atoms with van der Waals surface area (Å²) in [6, 6.07) is 2.25. The molecule has 1 nitrogen and oxygen atoms in total. The molecule has 0 radical (unpaired) electrons. The van der Waals surface area contributed by atoms with Crippen LogP contribution < -0.4 is 0 Å². The van der Waals surface area contributed by atoms with Gasteiger partial charge in [0.25, 0.3) is 0 Å². The van der Waals surface area contributed by atoms with E-state index in [9.17, 15) is 0 Å². The van der Waals surface area contributed by atoms with Crippen LogP contribution in [-0.2, 0) is 17.9 Å². The number of rotatable bonds is 0. The van der Waals surface area contributed by atoms with Crippen LogP contribution >= 0.6 is 0 Å². The van der Waals surface area contributed by atoms with Gasteiger partial charge in [-0.1, -0.05) is 27.7 Å². The van der Waals surface area contributed by atoms with E-state index in [2.05, 4.69) is 51.6 Å². The van der Waals surface area contributed by atoms with Crippen molar-refractivity contribution < 1.29 is 0 Å². The van der Waals surface area contributed by atoms with E-state index in [0.717, 1.165) is 0 Å². The number of fused-ring (bicyclic) bond motifs is 1. The number of nitrogens with zero attached hydrogens (tertiary/aromatic N) is 1. The molecular formula is C11H17N. The third kappa shape index (κ3) is 0.574. The highest BCUT2D eigenvalue weighted by molar-refractivity contribution is 5.49. The molecule has 0 aromatic carbocycles. The standard InChI is InChI=1S/C11H17N/c1-10(2)8-6-7-12(5)9(8)11(10,3)4/h6-7H,1-5H3. The predicted octanol–water partition coefficient (Wildman–Crippen LogP) is 2.59. The summed E-state index contributed by atoms with van der Waals surface area (Å²) >= 11 is 0. The summed E-state index contributed by atoms with van der Waals surface area (Å²) in [7, 11) is 2.13. The molecule has 1 aromatic heterocycles. The Morgan fingerprint density at radius 1 is 1.08 bits per heavy atom. The molecule has 0 unspecified atom stereocenters. The van der Waals surface area contributed by atoms with Crippen LogP contribution in [0.5, 0.6) is 0 Å². The molecule has 0 atom stereocenters. The van der Waals surface area contributed by atoms with Crippen molar-refractivity contribution in [3.05, 3.63) is 23.5 Å². The molecule has 0 saturated heterocycles. The van der Waals surface area contributed by atoms with Gasteiger partial charge in [-0.15, -0.1) is 0 Å². The van der Waals surface area contributed by atoms with E-state index >= 15 is 0 Å². The molecular weight excluding hydrogens is 146 g/mol. The zero-order valence-corrected chi connectivity index (χ0v) is 8.60. The van der Waals surface area contributed by atoms with Crippen molar-refractivity contribution >= 4 is 0 Å². The summed E-state index contributed by atoms with van der Waals surface area (Å²) in [5.41, 5.74) is 3.71. The molecule has 66 valence electrons. The van der Waals surface area contributed by atoms with Gasteiger partial charge in [0.05, 0.1) is 0 Å². The van der Waals surface area contributed by atoms with Crippen molar-refractivity contribution in [2.24, 2.45) is 7.05 Å². The summed E-state index contributed by atoms with van der Waals surface area (Å²) in [5, 5.41) is 0. The lowest BCUT2D eigenvalue weighted by Gasteiger charge is -2.52. The topological polar surface area (TPSA) is 4.93 Å². The average Bonchev–Trinajstić information content (AvgIpc) is 2.30. The van der Waals surface area contributed by atoms with Gasteiger partial charge in [-0.2, -0.15) is 0 Å². The van der Waals surface area contributed by atoms with E-state index in [-0.39, 0.29) is 0 Å². The third-order valence-electron chi connectivity index (χ3n) is 3.90. The molecule has 0 spiro atoms. The molecule has 1 aromatic rings. The fourth-order valence-corrected chi connectivity index (χ4v) is 2.38. The van der Waals surface area contributed by atoms with E-state index in [1.165, 1.54) is 11.3 Å². The van der Waals surface area contributed by atoms with E-state index in [1.54, 1.807) is 0 Å². The largest absolute Gasteiger partial charge is 0.354 e. The van der Waals surface area contributed by atoms with Crippen molar-refractivity contribution in [3.63, 3.8) is 0 Å². The molecule has 0 N–H and O–H groups in total. The number of hydrogen-bond donors (Lipinski definition) is 0. The summed E-state index contributed by atoms with van der Waals surface area (Å²) in [4.78, 5) is 0. The Bertz CT molecular complexity index is 329. The van der Waals surface area contributed by atoms with Gasteiger partial charge < -0.3 is 4.57 Å². The lowest BCUT2D eigenvalue weighted by atomic mass is 9.52. The molecule has 0 aliphatic heterocycles. The van der Waals surface area contributed by atoms with Crippen LogP contribution in [0.25, 0.3) is 0 Å². The van der Waals surface area contributed by atoms with Crippen LogP contribution in [0.15, 0.2) is 12.3 Å².